The van der Waals surface area contributed by atoms with Crippen molar-refractivity contribution in [2.24, 2.45) is 34.8 Å². The third-order valence-electron chi connectivity index (χ3n) is 15.5. The number of carbonyl (C=O) groups is 15. The Hall–Kier alpha value is -9.74. The average molecular weight is 1410 g/mol. The highest BCUT2D eigenvalue weighted by Gasteiger charge is 2.39. The summed E-state index contributed by atoms with van der Waals surface area (Å²) in [6.07, 6.45) is -2.38. The van der Waals surface area contributed by atoms with Gasteiger partial charge in [-0.25, -0.2) is 4.79 Å². The molecule has 3 rings (SSSR count). The summed E-state index contributed by atoms with van der Waals surface area (Å²) in [4.78, 5) is 204. The Balaban J connectivity index is 1.99. The van der Waals surface area contributed by atoms with E-state index < -0.39 is 206 Å². The summed E-state index contributed by atoms with van der Waals surface area (Å²) < 4.78 is 0. The van der Waals surface area contributed by atoms with Gasteiger partial charge in [-0.1, -0.05) is 76.2 Å². The Kier molecular flexibility index (Phi) is 35.6. The zero-order valence-electron chi connectivity index (χ0n) is 56.1. The maximum atomic E-state index is 14.9. The number of primary amides is 2. The van der Waals surface area contributed by atoms with Gasteiger partial charge in [0, 0.05) is 42.8 Å². The normalized spacial score (nSPS) is 14.9. The molecule has 99 heavy (non-hydrogen) atoms. The van der Waals surface area contributed by atoms with Crippen LogP contribution in [0.2, 0.25) is 0 Å². The molecule has 546 valence electrons. The summed E-state index contributed by atoms with van der Waals surface area (Å²) in [5.41, 5.74) is 23.8. The molecule has 0 unspecified atom stereocenters. The van der Waals surface area contributed by atoms with Gasteiger partial charge in [-0.2, -0.15) is 11.8 Å². The fourth-order valence-electron chi connectivity index (χ4n) is 10.1. The molecular formula is C64H95N15O19S. The number of nitrogens with one attached hydrogen (secondary N) is 11. The van der Waals surface area contributed by atoms with E-state index in [4.69, 9.17) is 22.9 Å². The number of thioether (sulfide) groups is 1. The second-order valence-electron chi connectivity index (χ2n) is 24.5. The monoisotopic (exact) mass is 1410 g/mol. The van der Waals surface area contributed by atoms with Crippen LogP contribution in [0.3, 0.4) is 0 Å². The van der Waals surface area contributed by atoms with Crippen molar-refractivity contribution in [1.82, 2.24) is 58.2 Å². The number of unbranched alkanes of at least 4 members (excludes halogenated alkanes) is 1. The van der Waals surface area contributed by atoms with Crippen LogP contribution in [0.15, 0.2) is 60.8 Å². The quantitative estimate of drug-likeness (QED) is 0.0246. The Bertz CT molecular complexity index is 3300. The van der Waals surface area contributed by atoms with E-state index in [2.05, 4.69) is 58.2 Å². The predicted molar refractivity (Wildman–Crippen MR) is 360 cm³/mol. The molecule has 3 aromatic rings. The molecule has 0 saturated heterocycles. The number of aliphatic hydroxyl groups excluding tert-OH is 1. The number of hydrogen-bond donors (Lipinski definition) is 19. The number of fused-ring (bicyclic) bond motifs is 1. The van der Waals surface area contributed by atoms with Crippen LogP contribution in [0.4, 0.5) is 0 Å². The second-order valence-corrected chi connectivity index (χ2v) is 25.5. The van der Waals surface area contributed by atoms with Crippen molar-refractivity contribution >= 4 is 111 Å². The number of amides is 12. The summed E-state index contributed by atoms with van der Waals surface area (Å²) >= 11 is 1.23. The van der Waals surface area contributed by atoms with E-state index >= 15 is 0 Å². The van der Waals surface area contributed by atoms with E-state index in [9.17, 15) is 92.3 Å². The van der Waals surface area contributed by atoms with Gasteiger partial charge in [-0.05, 0) is 99.5 Å². The van der Waals surface area contributed by atoms with E-state index in [1.807, 2.05) is 0 Å². The van der Waals surface area contributed by atoms with Gasteiger partial charge < -0.3 is 102 Å². The highest BCUT2D eigenvalue weighted by Crippen LogP contribution is 2.21. The summed E-state index contributed by atoms with van der Waals surface area (Å²) in [6, 6.07) is -2.43. The molecule has 23 N–H and O–H groups in total. The van der Waals surface area contributed by atoms with Gasteiger partial charge >= 0.3 is 17.9 Å². The summed E-state index contributed by atoms with van der Waals surface area (Å²) in [6.45, 7) is 7.78. The van der Waals surface area contributed by atoms with Crippen LogP contribution in [0.1, 0.15) is 116 Å². The highest BCUT2D eigenvalue weighted by atomic mass is 32.2. The number of carboxylic acid groups (broad SMARTS) is 3. The Morgan fingerprint density at radius 3 is 1.47 bits per heavy atom. The predicted octanol–water partition coefficient (Wildman–Crippen LogP) is -3.34. The van der Waals surface area contributed by atoms with Crippen molar-refractivity contribution in [3.05, 3.63) is 71.9 Å². The van der Waals surface area contributed by atoms with Gasteiger partial charge in [0.2, 0.25) is 70.9 Å². The van der Waals surface area contributed by atoms with Crippen LogP contribution in [-0.4, -0.2) is 205 Å². The number of benzene rings is 2. The Labute approximate surface area is 575 Å². The van der Waals surface area contributed by atoms with Gasteiger partial charge in [0.1, 0.15) is 60.4 Å². The molecule has 0 radical (unpaired) electrons. The zero-order chi connectivity index (χ0) is 74.2. The number of hydrogen-bond acceptors (Lipinski definition) is 19. The lowest BCUT2D eigenvalue weighted by Gasteiger charge is -2.29. The number of aliphatic hydroxyl groups is 1. The number of rotatable bonds is 46. The number of aliphatic carboxylic acids is 3. The van der Waals surface area contributed by atoms with Crippen LogP contribution < -0.4 is 76.1 Å². The van der Waals surface area contributed by atoms with E-state index in [1.165, 1.54) is 11.8 Å². The minimum Gasteiger partial charge on any atom is -0.481 e. The lowest BCUT2D eigenvalue weighted by Crippen LogP contribution is -2.62. The molecule has 0 saturated carbocycles. The smallest absolute Gasteiger partial charge is 0.326 e. The topological polar surface area (TPSA) is 577 Å². The maximum Gasteiger partial charge on any atom is 0.326 e. The van der Waals surface area contributed by atoms with E-state index in [0.29, 0.717) is 28.5 Å². The molecular weight excluding hydrogens is 1310 g/mol. The van der Waals surface area contributed by atoms with Crippen LogP contribution in [-0.2, 0) is 84.8 Å². The lowest BCUT2D eigenvalue weighted by atomic mass is 9.99. The average Bonchev–Trinajstić information content (AvgIpc) is 1.74. The SMILES string of the molecule is CSCC[C@H](NC(=O)[C@H](CC(C)C)NC(=O)[C@H](Cc1c[nH]c2ccccc12)NC(=O)[C@H](CCC(N)=O)NC(=O)[C@@H](NC(=O)[C@H](Cc1ccccc1)NC(=O)[C@@H](N)CC(=O)O)C(C)C)C(=O)N[C@@H](CC(=O)O)C(=O)N[C@H](C(=O)N[C@@H](CCCCN)C(=O)N[C@@H](CCC(N)=O)C(=O)O)[C@@H](C)O. The number of H-pyrrole nitrogens is 1. The molecule has 35 heteroatoms. The minimum absolute atomic E-state index is 0.107. The first kappa shape index (κ1) is 83.5. The Morgan fingerprint density at radius 1 is 0.485 bits per heavy atom. The first-order valence-electron chi connectivity index (χ1n) is 32.1. The molecule has 1 heterocycles. The maximum absolute atomic E-state index is 14.9. The van der Waals surface area contributed by atoms with E-state index in [-0.39, 0.29) is 56.7 Å². The Morgan fingerprint density at radius 2 is 0.929 bits per heavy atom. The number of aromatic nitrogens is 1. The summed E-state index contributed by atoms with van der Waals surface area (Å²) in [5.74, 6) is -17.6. The standard InChI is InChI=1S/C64H95N15O19S/c1-32(2)26-44(58(91)70-42(23-25-99-6)57(90)77-47(30-51(85)86)61(94)79-53(34(5)80)63(96)71-40(18-12-13-24-65)55(88)73-43(64(97)98)20-22-49(68)82)75-59(92)46(28-36-31-69-39-17-11-10-16-37(36)39)76-56(89)41(19-21-48(67)81)72-62(95)52(33(3)4)78-60(93)45(27-35-14-8-7-9-15-35)74-54(87)38(66)29-50(83)84/h7-11,14-17,31-34,38,40-47,52-53,69,80H,12-13,18-30,65-66H2,1-6H3,(H2,67,81)(H2,68,82)(H,70,91)(H,71,96)(H,72,95)(H,73,88)(H,74,87)(H,75,92)(H,76,89)(H,77,90)(H,78,93)(H,79,94)(H,83,84)(H,85,86)(H,97,98)/t34-,38+,40+,41+,42+,43+,44+,45+,46+,47+,52+,53+/m1/s1. The molecule has 0 bridgehead atoms. The first-order valence-corrected chi connectivity index (χ1v) is 33.5. The number of carbonyl (C=O) groups excluding carboxylic acids is 12. The zero-order valence-corrected chi connectivity index (χ0v) is 56.9. The van der Waals surface area contributed by atoms with Crippen molar-refractivity contribution in [3.63, 3.8) is 0 Å². The molecule has 0 spiro atoms. The van der Waals surface area contributed by atoms with Crippen molar-refractivity contribution < 1.29 is 92.3 Å². The van der Waals surface area contributed by atoms with Crippen LogP contribution in [0.5, 0.6) is 0 Å². The third-order valence-corrected chi connectivity index (χ3v) is 16.1. The molecule has 0 aliphatic heterocycles. The van der Waals surface area contributed by atoms with Gasteiger partial charge in [-0.15, -0.1) is 0 Å². The number of carboxylic acids is 3. The molecule has 12 atom stereocenters. The molecule has 12 amide bonds. The van der Waals surface area contributed by atoms with Crippen molar-refractivity contribution in [1.29, 1.82) is 0 Å². The van der Waals surface area contributed by atoms with E-state index in [0.717, 1.165) is 6.92 Å². The van der Waals surface area contributed by atoms with Crippen LogP contribution >= 0.6 is 11.8 Å². The summed E-state index contributed by atoms with van der Waals surface area (Å²) in [7, 11) is 0. The fourth-order valence-corrected chi connectivity index (χ4v) is 10.6. The number of aromatic amines is 1. The largest absolute Gasteiger partial charge is 0.481 e. The fraction of sp³-hybridized carbons (Fsp3) is 0.547. The van der Waals surface area contributed by atoms with Crippen molar-refractivity contribution in [2.45, 2.75) is 191 Å². The number of para-hydroxylation sites is 1. The van der Waals surface area contributed by atoms with E-state index in [1.54, 1.807) is 94.7 Å². The molecule has 0 aliphatic carbocycles. The molecule has 2 aromatic carbocycles. The molecule has 1 aromatic heterocycles. The second kappa shape index (κ2) is 42.2. The molecule has 34 nitrogen and oxygen atoms in total. The van der Waals surface area contributed by atoms with Gasteiger partial charge in [0.15, 0.2) is 0 Å². The molecule has 0 fully saturated rings. The minimum atomic E-state index is -2.01. The van der Waals surface area contributed by atoms with Crippen molar-refractivity contribution in [2.75, 3.05) is 18.6 Å². The van der Waals surface area contributed by atoms with Crippen LogP contribution in [0.25, 0.3) is 10.9 Å². The van der Waals surface area contributed by atoms with Crippen molar-refractivity contribution in [3.8, 4) is 0 Å². The number of nitrogens with two attached hydrogens (primary N) is 4. The van der Waals surface area contributed by atoms with Gasteiger partial charge in [-0.3, -0.25) is 67.1 Å². The van der Waals surface area contributed by atoms with Crippen LogP contribution in [0, 0.1) is 11.8 Å². The lowest BCUT2D eigenvalue weighted by molar-refractivity contribution is -0.143. The summed E-state index contributed by atoms with van der Waals surface area (Å²) in [5, 5.41) is 64.9. The first-order chi connectivity index (χ1) is 46.6. The molecule has 0 aliphatic rings. The van der Waals surface area contributed by atoms with Gasteiger partial charge in [0.05, 0.1) is 25.0 Å². The van der Waals surface area contributed by atoms with Gasteiger partial charge in [0.25, 0.3) is 0 Å². The highest BCUT2D eigenvalue weighted by molar-refractivity contribution is 7.98. The third kappa shape index (κ3) is 29.5.